The zero-order valence-electron chi connectivity index (χ0n) is 17.5. The van der Waals surface area contributed by atoms with Gasteiger partial charge in [0.1, 0.15) is 10.6 Å². The van der Waals surface area contributed by atoms with Gasteiger partial charge in [-0.2, -0.15) is 0 Å². The second-order valence-electron chi connectivity index (χ2n) is 6.96. The molecule has 1 aromatic carbocycles. The number of thiazole rings is 1. The van der Waals surface area contributed by atoms with Crippen LogP contribution in [-0.4, -0.2) is 28.2 Å². The smallest absolute Gasteiger partial charge is 0.338 e. The molecule has 33 heavy (non-hydrogen) atoms. The molecule has 0 saturated heterocycles. The Bertz CT molecular complexity index is 1450. The zero-order chi connectivity index (χ0) is 23.7. The normalized spacial score (nSPS) is 15.7. The van der Waals surface area contributed by atoms with Crippen LogP contribution in [0.3, 0.4) is 0 Å². The molecule has 2 N–H and O–H groups in total. The van der Waals surface area contributed by atoms with Gasteiger partial charge >= 0.3 is 11.9 Å². The van der Waals surface area contributed by atoms with Crippen LogP contribution in [0.5, 0.6) is 0 Å². The van der Waals surface area contributed by atoms with E-state index in [0.29, 0.717) is 26.3 Å². The molecule has 0 fully saturated rings. The van der Waals surface area contributed by atoms with Crippen LogP contribution in [-0.2, 0) is 9.53 Å². The van der Waals surface area contributed by atoms with E-state index in [4.69, 9.17) is 21.4 Å². The fraction of sp³-hybridized carbons (Fsp3) is 0.182. The van der Waals surface area contributed by atoms with Crippen LogP contribution in [0.25, 0.3) is 6.20 Å². The number of allylic oxidation sites excluding steroid dienone is 1. The fourth-order valence-corrected chi connectivity index (χ4v) is 5.49. The molecule has 2 aromatic heterocycles. The number of ether oxygens (including phenoxy) is 1. The van der Waals surface area contributed by atoms with E-state index in [1.165, 1.54) is 45.6 Å². The molecule has 170 valence electrons. The summed E-state index contributed by atoms with van der Waals surface area (Å²) in [5, 5.41) is 14.1. The number of fused-ring (bicyclic) bond motifs is 1. The Kier molecular flexibility index (Phi) is 6.50. The Balaban J connectivity index is 1.79. The van der Waals surface area contributed by atoms with Crippen molar-refractivity contribution in [2.45, 2.75) is 19.9 Å². The summed E-state index contributed by atoms with van der Waals surface area (Å²) in [6, 6.07) is 7.51. The van der Waals surface area contributed by atoms with Crippen molar-refractivity contribution < 1.29 is 19.4 Å². The number of aromatic nitrogens is 1. The van der Waals surface area contributed by atoms with Crippen LogP contribution in [0.2, 0.25) is 5.02 Å². The van der Waals surface area contributed by atoms with Crippen LogP contribution in [0, 0.1) is 0 Å². The third-order valence-electron chi connectivity index (χ3n) is 4.90. The molecule has 3 aromatic rings. The number of thiophene rings is 1. The van der Waals surface area contributed by atoms with Crippen molar-refractivity contribution in [3.05, 3.63) is 82.1 Å². The van der Waals surface area contributed by atoms with Crippen molar-refractivity contribution in [1.82, 2.24) is 4.57 Å². The average Bonchev–Trinajstić information content (AvgIpc) is 3.39. The Morgan fingerprint density at radius 3 is 2.79 bits per heavy atom. The van der Waals surface area contributed by atoms with Crippen LogP contribution >= 0.6 is 34.3 Å². The van der Waals surface area contributed by atoms with E-state index in [2.05, 4.69) is 10.3 Å². The van der Waals surface area contributed by atoms with Gasteiger partial charge in [0, 0.05) is 16.8 Å². The number of nitrogens with one attached hydrogen (secondary N) is 1. The van der Waals surface area contributed by atoms with Crippen LogP contribution < -0.4 is 20.2 Å². The number of rotatable bonds is 6. The summed E-state index contributed by atoms with van der Waals surface area (Å²) < 4.78 is 7.12. The SMILES string of the molecule is CCOC(=O)C1=C(C)N=c2s/c(=C\Nc3ccc(C(=O)O)c(Cl)c3)c(=O)n2[C@H]1c1cccs1. The Labute approximate surface area is 200 Å². The van der Waals surface area contributed by atoms with E-state index in [1.54, 1.807) is 19.9 Å². The molecule has 0 aliphatic carbocycles. The monoisotopic (exact) mass is 503 g/mol. The van der Waals surface area contributed by atoms with Gasteiger partial charge in [-0.25, -0.2) is 14.6 Å². The van der Waals surface area contributed by atoms with E-state index in [0.717, 1.165) is 4.88 Å². The first-order chi connectivity index (χ1) is 15.8. The lowest BCUT2D eigenvalue weighted by atomic mass is 10.0. The zero-order valence-corrected chi connectivity index (χ0v) is 19.9. The maximum Gasteiger partial charge on any atom is 0.338 e. The minimum atomic E-state index is -1.12. The van der Waals surface area contributed by atoms with E-state index in [-0.39, 0.29) is 22.8 Å². The number of hydrogen-bond acceptors (Lipinski definition) is 8. The fourth-order valence-electron chi connectivity index (χ4n) is 3.43. The summed E-state index contributed by atoms with van der Waals surface area (Å²) in [4.78, 5) is 43.0. The predicted molar refractivity (Wildman–Crippen MR) is 128 cm³/mol. The van der Waals surface area contributed by atoms with Crippen LogP contribution in [0.1, 0.15) is 35.1 Å². The first-order valence-electron chi connectivity index (χ1n) is 9.82. The standard InChI is InChI=1S/C22H18ClN3O5S2/c1-3-31-21(30)17-11(2)25-22-26(18(17)15-5-4-8-32-15)19(27)16(33-22)10-24-12-6-7-13(20(28)29)14(23)9-12/h4-10,18,24H,3H2,1-2H3,(H,28,29)/b16-10-/t18-/m0/s1. The van der Waals surface area contributed by atoms with Gasteiger partial charge in [-0.3, -0.25) is 9.36 Å². The lowest BCUT2D eigenvalue weighted by molar-refractivity contribution is -0.139. The number of carboxylic acid groups (broad SMARTS) is 1. The largest absolute Gasteiger partial charge is 0.478 e. The van der Waals surface area contributed by atoms with Crippen LogP contribution in [0.15, 0.2) is 56.8 Å². The van der Waals surface area contributed by atoms with Gasteiger partial charge in [-0.05, 0) is 43.5 Å². The maximum absolute atomic E-state index is 13.4. The first-order valence-corrected chi connectivity index (χ1v) is 11.9. The van der Waals surface area contributed by atoms with Crippen LogP contribution in [0.4, 0.5) is 5.69 Å². The van der Waals surface area contributed by atoms with Gasteiger partial charge in [0.15, 0.2) is 4.80 Å². The molecule has 1 aliphatic heterocycles. The molecule has 11 heteroatoms. The number of halogens is 1. The molecule has 1 atom stereocenters. The molecular formula is C22H18ClN3O5S2. The van der Waals surface area contributed by atoms with E-state index < -0.39 is 18.0 Å². The first kappa shape index (κ1) is 23.0. The van der Waals surface area contributed by atoms with Crippen molar-refractivity contribution in [2.24, 2.45) is 4.99 Å². The number of esters is 1. The summed E-state index contributed by atoms with van der Waals surface area (Å²) in [7, 11) is 0. The molecule has 8 nitrogen and oxygen atoms in total. The van der Waals surface area contributed by atoms with E-state index in [9.17, 15) is 14.4 Å². The van der Waals surface area contributed by atoms with Crippen molar-refractivity contribution in [3.8, 4) is 0 Å². The summed E-state index contributed by atoms with van der Waals surface area (Å²) in [5.74, 6) is -1.63. The number of benzene rings is 1. The highest BCUT2D eigenvalue weighted by Crippen LogP contribution is 2.33. The molecule has 0 bridgehead atoms. The number of carboxylic acids is 1. The van der Waals surface area contributed by atoms with Gasteiger partial charge in [-0.1, -0.05) is 29.0 Å². The van der Waals surface area contributed by atoms with E-state index in [1.807, 2.05) is 17.5 Å². The Morgan fingerprint density at radius 2 is 2.15 bits per heavy atom. The van der Waals surface area contributed by atoms with Crippen molar-refractivity contribution in [2.75, 3.05) is 11.9 Å². The molecule has 0 saturated carbocycles. The third-order valence-corrected chi connectivity index (χ3v) is 7.12. The lowest BCUT2D eigenvalue weighted by Crippen LogP contribution is -2.39. The van der Waals surface area contributed by atoms with Gasteiger partial charge in [0.2, 0.25) is 0 Å². The Hall–Kier alpha value is -3.21. The molecule has 1 aliphatic rings. The van der Waals surface area contributed by atoms with Gasteiger partial charge in [-0.15, -0.1) is 11.3 Å². The number of carbonyl (C=O) groups is 2. The Morgan fingerprint density at radius 1 is 1.36 bits per heavy atom. The molecule has 0 spiro atoms. The molecular weight excluding hydrogens is 486 g/mol. The minimum Gasteiger partial charge on any atom is -0.478 e. The minimum absolute atomic E-state index is 0.0143. The summed E-state index contributed by atoms with van der Waals surface area (Å²) in [6.07, 6.45) is 1.52. The number of carbonyl (C=O) groups excluding carboxylic acids is 1. The quantitative estimate of drug-likeness (QED) is 0.500. The lowest BCUT2D eigenvalue weighted by Gasteiger charge is -2.23. The topological polar surface area (TPSA) is 110 Å². The molecule has 0 amide bonds. The second-order valence-corrected chi connectivity index (χ2v) is 9.36. The second kappa shape index (κ2) is 9.34. The molecule has 4 rings (SSSR count). The highest BCUT2D eigenvalue weighted by molar-refractivity contribution is 7.10. The number of nitrogens with zero attached hydrogens (tertiary/aromatic N) is 2. The number of anilines is 1. The maximum atomic E-state index is 13.4. The molecule has 0 radical (unpaired) electrons. The predicted octanol–water partition coefficient (Wildman–Crippen LogP) is 3.23. The van der Waals surface area contributed by atoms with Crippen molar-refractivity contribution >= 4 is 58.1 Å². The van der Waals surface area contributed by atoms with Gasteiger partial charge < -0.3 is 15.2 Å². The highest BCUT2D eigenvalue weighted by atomic mass is 35.5. The number of hydrogen-bond donors (Lipinski definition) is 2. The average molecular weight is 504 g/mol. The van der Waals surface area contributed by atoms with Crippen molar-refractivity contribution in [1.29, 1.82) is 0 Å². The summed E-state index contributed by atoms with van der Waals surface area (Å²) >= 11 is 8.65. The van der Waals surface area contributed by atoms with Gasteiger partial charge in [0.05, 0.1) is 28.5 Å². The third kappa shape index (κ3) is 4.37. The molecule has 3 heterocycles. The highest BCUT2D eigenvalue weighted by Gasteiger charge is 2.33. The summed E-state index contributed by atoms with van der Waals surface area (Å²) in [5.41, 5.74) is 1.03. The summed E-state index contributed by atoms with van der Waals surface area (Å²) in [6.45, 7) is 3.67. The van der Waals surface area contributed by atoms with E-state index >= 15 is 0 Å². The molecule has 0 unspecified atom stereocenters. The number of aromatic carboxylic acids is 1. The van der Waals surface area contributed by atoms with Gasteiger partial charge in [0.25, 0.3) is 5.56 Å². The van der Waals surface area contributed by atoms with Crippen molar-refractivity contribution in [3.63, 3.8) is 0 Å².